The first-order valence-electron chi connectivity index (χ1n) is 8.90. The zero-order chi connectivity index (χ0) is 20.1. The van der Waals surface area contributed by atoms with Crippen LogP contribution in [0, 0.1) is 0 Å². The number of halogens is 2. The lowest BCUT2D eigenvalue weighted by atomic mass is 10.1. The number of rotatable bonds is 5. The fourth-order valence-electron chi connectivity index (χ4n) is 2.94. The molecule has 28 heavy (non-hydrogen) atoms. The molecule has 1 saturated heterocycles. The van der Waals surface area contributed by atoms with Crippen LogP contribution in [0.2, 0.25) is 10.0 Å². The minimum atomic E-state index is -0.444. The summed E-state index contributed by atoms with van der Waals surface area (Å²) in [5, 5.41) is 3.46. The van der Waals surface area contributed by atoms with Gasteiger partial charge in [0.1, 0.15) is 0 Å². The number of hydrogen-bond donors (Lipinski definition) is 1. The topological polar surface area (TPSA) is 67.9 Å². The largest absolute Gasteiger partial charge is 0.462 e. The Kier molecular flexibility index (Phi) is 6.78. The molecule has 2 aromatic rings. The summed E-state index contributed by atoms with van der Waals surface area (Å²) in [5.41, 5.74) is 1.85. The molecule has 1 fully saturated rings. The highest BCUT2D eigenvalue weighted by Gasteiger charge is 2.21. The molecule has 0 bridgehead atoms. The molecule has 1 aliphatic rings. The molecule has 0 spiro atoms. The van der Waals surface area contributed by atoms with Crippen molar-refractivity contribution in [3.8, 4) is 0 Å². The highest BCUT2D eigenvalue weighted by molar-refractivity contribution is 6.36. The predicted octanol–water partition coefficient (Wildman–Crippen LogP) is 4.26. The fourth-order valence-corrected chi connectivity index (χ4v) is 3.31. The fraction of sp³-hybridized carbons (Fsp3) is 0.300. The maximum atomic E-state index is 12.6. The average Bonchev–Trinajstić information content (AvgIpc) is 2.70. The first-order chi connectivity index (χ1) is 13.5. The summed E-state index contributed by atoms with van der Waals surface area (Å²) in [5.74, 6) is -0.859. The third-order valence-corrected chi connectivity index (χ3v) is 4.84. The average molecular weight is 423 g/mol. The van der Waals surface area contributed by atoms with E-state index in [-0.39, 0.29) is 17.2 Å². The van der Waals surface area contributed by atoms with Gasteiger partial charge in [0.15, 0.2) is 0 Å². The molecule has 6 nitrogen and oxygen atoms in total. The van der Waals surface area contributed by atoms with Gasteiger partial charge in [-0.1, -0.05) is 23.2 Å². The summed E-state index contributed by atoms with van der Waals surface area (Å²) < 4.78 is 10.6. The highest BCUT2D eigenvalue weighted by Crippen LogP contribution is 2.27. The van der Waals surface area contributed by atoms with Crippen LogP contribution in [0.4, 0.5) is 11.4 Å². The third-order valence-electron chi connectivity index (χ3n) is 4.27. The molecule has 0 radical (unpaired) electrons. The smallest absolute Gasteiger partial charge is 0.340 e. The Hall–Kier alpha value is -2.28. The molecule has 0 aromatic heterocycles. The molecule has 148 valence electrons. The van der Waals surface area contributed by atoms with Gasteiger partial charge in [-0.2, -0.15) is 0 Å². The number of carbonyl (C=O) groups excluding carboxylic acids is 2. The molecule has 8 heteroatoms. The molecule has 2 aromatic carbocycles. The summed E-state index contributed by atoms with van der Waals surface area (Å²) in [7, 11) is 0. The van der Waals surface area contributed by atoms with Gasteiger partial charge in [0.2, 0.25) is 0 Å². The molecular formula is C20H20Cl2N2O4. The van der Waals surface area contributed by atoms with Gasteiger partial charge >= 0.3 is 5.97 Å². The molecule has 1 N–H and O–H groups in total. The number of nitrogens with zero attached hydrogens (tertiary/aromatic N) is 1. The van der Waals surface area contributed by atoms with Crippen LogP contribution < -0.4 is 10.2 Å². The summed E-state index contributed by atoms with van der Waals surface area (Å²) in [6, 6.07) is 9.81. The van der Waals surface area contributed by atoms with Gasteiger partial charge in [0.25, 0.3) is 5.91 Å². The van der Waals surface area contributed by atoms with E-state index in [1.54, 1.807) is 37.3 Å². The van der Waals surface area contributed by atoms with Crippen LogP contribution in [0.25, 0.3) is 0 Å². The van der Waals surface area contributed by atoms with Gasteiger partial charge in [0.05, 0.1) is 41.7 Å². The van der Waals surface area contributed by atoms with Crippen molar-refractivity contribution in [1.82, 2.24) is 0 Å². The van der Waals surface area contributed by atoms with E-state index in [2.05, 4.69) is 10.2 Å². The van der Waals surface area contributed by atoms with Crippen LogP contribution in [-0.2, 0) is 9.47 Å². The summed E-state index contributed by atoms with van der Waals surface area (Å²) >= 11 is 12.1. The second-order valence-electron chi connectivity index (χ2n) is 6.13. The second-order valence-corrected chi connectivity index (χ2v) is 6.97. The number of amides is 1. The van der Waals surface area contributed by atoms with Crippen molar-refractivity contribution in [2.45, 2.75) is 6.92 Å². The lowest BCUT2D eigenvalue weighted by Crippen LogP contribution is -2.37. The Morgan fingerprint density at radius 2 is 1.86 bits per heavy atom. The van der Waals surface area contributed by atoms with Gasteiger partial charge in [-0.05, 0) is 43.3 Å². The number of benzene rings is 2. The van der Waals surface area contributed by atoms with Crippen molar-refractivity contribution in [2.75, 3.05) is 43.1 Å². The first-order valence-corrected chi connectivity index (χ1v) is 9.65. The molecule has 0 atom stereocenters. The normalized spacial score (nSPS) is 13.9. The number of morpholine rings is 1. The zero-order valence-electron chi connectivity index (χ0n) is 15.3. The first kappa shape index (κ1) is 20.5. The molecule has 1 amide bonds. The number of anilines is 2. The van der Waals surface area contributed by atoms with Crippen LogP contribution in [0.3, 0.4) is 0 Å². The number of nitrogens with one attached hydrogen (secondary N) is 1. The minimum Gasteiger partial charge on any atom is -0.462 e. The van der Waals surface area contributed by atoms with E-state index in [1.807, 2.05) is 0 Å². The van der Waals surface area contributed by atoms with Crippen LogP contribution >= 0.6 is 23.2 Å². The van der Waals surface area contributed by atoms with E-state index in [0.717, 1.165) is 5.69 Å². The summed E-state index contributed by atoms with van der Waals surface area (Å²) in [6.07, 6.45) is 0. The van der Waals surface area contributed by atoms with Crippen molar-refractivity contribution in [3.63, 3.8) is 0 Å². The standard InChI is InChI=1S/C20H20Cl2N2O4/c1-2-28-20(26)16-12-14(4-6-18(16)24-7-9-27-10-8-24)23-19(25)15-11-13(21)3-5-17(15)22/h3-6,11-12H,2,7-10H2,1H3,(H,23,25). The lowest BCUT2D eigenvalue weighted by molar-refractivity contribution is 0.0526. The van der Waals surface area contributed by atoms with Gasteiger partial charge in [-0.3, -0.25) is 4.79 Å². The monoisotopic (exact) mass is 422 g/mol. The Morgan fingerprint density at radius 3 is 2.57 bits per heavy atom. The van der Waals surface area contributed by atoms with Crippen LogP contribution in [0.5, 0.6) is 0 Å². The van der Waals surface area contributed by atoms with Crippen LogP contribution in [0.1, 0.15) is 27.6 Å². The minimum absolute atomic E-state index is 0.254. The molecular weight excluding hydrogens is 403 g/mol. The van der Waals surface area contributed by atoms with E-state index in [1.165, 1.54) is 6.07 Å². The van der Waals surface area contributed by atoms with E-state index >= 15 is 0 Å². The molecule has 0 aliphatic carbocycles. The van der Waals surface area contributed by atoms with E-state index in [9.17, 15) is 9.59 Å². The van der Waals surface area contributed by atoms with Crippen LogP contribution in [0.15, 0.2) is 36.4 Å². The van der Waals surface area contributed by atoms with Crippen molar-refractivity contribution < 1.29 is 19.1 Å². The molecule has 1 heterocycles. The van der Waals surface area contributed by atoms with E-state index < -0.39 is 11.9 Å². The van der Waals surface area contributed by atoms with Crippen molar-refractivity contribution in [1.29, 1.82) is 0 Å². The van der Waals surface area contributed by atoms with Crippen molar-refractivity contribution in [3.05, 3.63) is 57.6 Å². The molecule has 0 saturated carbocycles. The Balaban J connectivity index is 1.89. The Morgan fingerprint density at radius 1 is 1.11 bits per heavy atom. The number of ether oxygens (including phenoxy) is 2. The van der Waals surface area contributed by atoms with Gasteiger partial charge in [0, 0.05) is 23.8 Å². The molecule has 3 rings (SSSR count). The number of hydrogen-bond acceptors (Lipinski definition) is 5. The number of esters is 1. The second kappa shape index (κ2) is 9.28. The SMILES string of the molecule is CCOC(=O)c1cc(NC(=O)c2cc(Cl)ccc2Cl)ccc1N1CCOCC1. The van der Waals surface area contributed by atoms with Gasteiger partial charge < -0.3 is 19.7 Å². The zero-order valence-corrected chi connectivity index (χ0v) is 16.8. The molecule has 1 aliphatic heterocycles. The van der Waals surface area contributed by atoms with Crippen LogP contribution in [-0.4, -0.2) is 44.8 Å². The third kappa shape index (κ3) is 4.76. The summed E-state index contributed by atoms with van der Waals surface area (Å²) in [4.78, 5) is 27.1. The van der Waals surface area contributed by atoms with Crippen molar-refractivity contribution in [2.24, 2.45) is 0 Å². The van der Waals surface area contributed by atoms with E-state index in [4.69, 9.17) is 32.7 Å². The Labute approximate surface area is 173 Å². The Bertz CT molecular complexity index is 883. The van der Waals surface area contributed by atoms with Gasteiger partial charge in [-0.15, -0.1) is 0 Å². The maximum Gasteiger partial charge on any atom is 0.340 e. The highest BCUT2D eigenvalue weighted by atomic mass is 35.5. The van der Waals surface area contributed by atoms with Crippen molar-refractivity contribution >= 4 is 46.5 Å². The lowest BCUT2D eigenvalue weighted by Gasteiger charge is -2.30. The quantitative estimate of drug-likeness (QED) is 0.728. The van der Waals surface area contributed by atoms with Gasteiger partial charge in [-0.25, -0.2) is 4.79 Å². The predicted molar refractivity (Wildman–Crippen MR) is 110 cm³/mol. The number of carbonyl (C=O) groups is 2. The molecule has 0 unspecified atom stereocenters. The maximum absolute atomic E-state index is 12.6. The summed E-state index contributed by atoms with van der Waals surface area (Å²) in [6.45, 7) is 4.55. The van der Waals surface area contributed by atoms with E-state index in [0.29, 0.717) is 42.6 Å².